The zero-order valence-electron chi connectivity index (χ0n) is 11.3. The van der Waals surface area contributed by atoms with Crippen LogP contribution in [0.15, 0.2) is 36.7 Å². The number of nitrogens with zero attached hydrogens (tertiary/aromatic N) is 2. The maximum Gasteiger partial charge on any atom is 0.248 e. The van der Waals surface area contributed by atoms with Gasteiger partial charge >= 0.3 is 0 Å². The molecule has 1 N–H and O–H groups in total. The number of nitrogens with one attached hydrogen (secondary N) is 1. The summed E-state index contributed by atoms with van der Waals surface area (Å²) in [6.07, 6.45) is 3.57. The summed E-state index contributed by atoms with van der Waals surface area (Å²) < 4.78 is 6.76. The van der Waals surface area contributed by atoms with Crippen LogP contribution in [0.1, 0.15) is 18.5 Å². The summed E-state index contributed by atoms with van der Waals surface area (Å²) in [6.45, 7) is 3.75. The van der Waals surface area contributed by atoms with Gasteiger partial charge in [-0.2, -0.15) is 5.10 Å². The third-order valence-corrected chi connectivity index (χ3v) is 2.84. The molecule has 2 aromatic rings. The van der Waals surface area contributed by atoms with E-state index in [1.165, 1.54) is 0 Å². The Morgan fingerprint density at radius 2 is 2.26 bits per heavy atom. The van der Waals surface area contributed by atoms with Crippen LogP contribution in [0.3, 0.4) is 0 Å². The van der Waals surface area contributed by atoms with Crippen LogP contribution in [-0.2, 0) is 4.79 Å². The van der Waals surface area contributed by atoms with Crippen molar-refractivity contribution in [2.24, 2.45) is 0 Å². The smallest absolute Gasteiger partial charge is 0.248 e. The predicted molar refractivity (Wildman–Crippen MR) is 73.3 cm³/mol. The fourth-order valence-electron chi connectivity index (χ4n) is 1.71. The summed E-state index contributed by atoms with van der Waals surface area (Å²) in [7, 11) is 1.59. The molecule has 0 fully saturated rings. The van der Waals surface area contributed by atoms with Gasteiger partial charge in [0.15, 0.2) is 0 Å². The Hall–Kier alpha value is -2.30. The minimum atomic E-state index is -0.361. The average molecular weight is 259 g/mol. The molecule has 2 rings (SSSR count). The van der Waals surface area contributed by atoms with E-state index >= 15 is 0 Å². The number of hydrogen-bond acceptors (Lipinski definition) is 3. The van der Waals surface area contributed by atoms with Crippen LogP contribution in [0.5, 0.6) is 5.75 Å². The number of ether oxygens (including phenoxy) is 1. The van der Waals surface area contributed by atoms with Gasteiger partial charge in [0.25, 0.3) is 0 Å². The lowest BCUT2D eigenvalue weighted by molar-refractivity contribution is -0.119. The Bertz CT molecular complexity index is 578. The summed E-state index contributed by atoms with van der Waals surface area (Å²) in [5.74, 6) is 0.594. The van der Waals surface area contributed by atoms with Gasteiger partial charge in [-0.25, -0.2) is 0 Å². The van der Waals surface area contributed by atoms with Gasteiger partial charge in [0.1, 0.15) is 11.8 Å². The molecule has 1 unspecified atom stereocenters. The first-order valence-corrected chi connectivity index (χ1v) is 6.06. The van der Waals surface area contributed by atoms with Gasteiger partial charge in [-0.05, 0) is 31.5 Å². The summed E-state index contributed by atoms with van der Waals surface area (Å²) in [5, 5.41) is 6.99. The number of aromatic nitrogens is 2. The Balaban J connectivity index is 2.08. The molecule has 0 radical (unpaired) electrons. The first-order chi connectivity index (χ1) is 9.10. The van der Waals surface area contributed by atoms with Crippen LogP contribution in [0.4, 0.5) is 5.69 Å². The molecule has 0 aliphatic heterocycles. The Kier molecular flexibility index (Phi) is 3.85. The maximum atomic E-state index is 12.1. The SMILES string of the molecule is COc1cccc(NC(=O)C(C)n2cc(C)cn2)c1. The Labute approximate surface area is 112 Å². The summed E-state index contributed by atoms with van der Waals surface area (Å²) in [4.78, 5) is 12.1. The normalized spacial score (nSPS) is 11.9. The Morgan fingerprint density at radius 1 is 1.47 bits per heavy atom. The van der Waals surface area contributed by atoms with E-state index in [0.717, 1.165) is 5.56 Å². The standard InChI is InChI=1S/C14H17N3O2/c1-10-8-15-17(9-10)11(2)14(18)16-12-5-4-6-13(7-12)19-3/h4-9,11H,1-3H3,(H,16,18). The van der Waals surface area contributed by atoms with Crippen molar-refractivity contribution in [3.63, 3.8) is 0 Å². The molecule has 0 aliphatic carbocycles. The number of hydrogen-bond donors (Lipinski definition) is 1. The molecule has 0 saturated carbocycles. The van der Waals surface area contributed by atoms with Crippen molar-refractivity contribution in [1.82, 2.24) is 9.78 Å². The molecule has 19 heavy (non-hydrogen) atoms. The zero-order valence-corrected chi connectivity index (χ0v) is 11.3. The molecule has 1 atom stereocenters. The van der Waals surface area contributed by atoms with Crippen LogP contribution in [-0.4, -0.2) is 22.8 Å². The van der Waals surface area contributed by atoms with Crippen molar-refractivity contribution in [3.8, 4) is 5.75 Å². The first kappa shape index (κ1) is 13.1. The number of rotatable bonds is 4. The molecule has 1 aromatic heterocycles. The highest BCUT2D eigenvalue weighted by Gasteiger charge is 2.15. The van der Waals surface area contributed by atoms with Crippen molar-refractivity contribution in [1.29, 1.82) is 0 Å². The lowest BCUT2D eigenvalue weighted by atomic mass is 10.2. The zero-order chi connectivity index (χ0) is 13.8. The number of methoxy groups -OCH3 is 1. The van der Waals surface area contributed by atoms with Crippen molar-refractivity contribution < 1.29 is 9.53 Å². The van der Waals surface area contributed by atoms with E-state index in [1.54, 1.807) is 24.1 Å². The second kappa shape index (κ2) is 5.56. The van der Waals surface area contributed by atoms with E-state index in [0.29, 0.717) is 11.4 Å². The number of carbonyl (C=O) groups excluding carboxylic acids is 1. The monoisotopic (exact) mass is 259 g/mol. The van der Waals surface area contributed by atoms with E-state index in [-0.39, 0.29) is 11.9 Å². The predicted octanol–water partition coefficient (Wildman–Crippen LogP) is 2.40. The molecule has 0 spiro atoms. The van der Waals surface area contributed by atoms with Crippen LogP contribution in [0.25, 0.3) is 0 Å². The number of anilines is 1. The first-order valence-electron chi connectivity index (χ1n) is 6.06. The van der Waals surface area contributed by atoms with E-state index in [4.69, 9.17) is 4.74 Å². The molecular weight excluding hydrogens is 242 g/mol. The van der Waals surface area contributed by atoms with Crippen molar-refractivity contribution in [2.75, 3.05) is 12.4 Å². The second-order valence-electron chi connectivity index (χ2n) is 4.39. The van der Waals surface area contributed by atoms with Crippen molar-refractivity contribution in [3.05, 3.63) is 42.2 Å². The molecule has 1 heterocycles. The largest absolute Gasteiger partial charge is 0.497 e. The molecule has 100 valence electrons. The third kappa shape index (κ3) is 3.13. The topological polar surface area (TPSA) is 56.1 Å². The van der Waals surface area contributed by atoms with Crippen LogP contribution >= 0.6 is 0 Å². The molecule has 0 saturated heterocycles. The molecule has 5 nitrogen and oxygen atoms in total. The summed E-state index contributed by atoms with van der Waals surface area (Å²) in [6, 6.07) is 6.90. The molecule has 5 heteroatoms. The van der Waals surface area contributed by atoms with Gasteiger partial charge in [-0.15, -0.1) is 0 Å². The molecular formula is C14H17N3O2. The second-order valence-corrected chi connectivity index (χ2v) is 4.39. The fourth-order valence-corrected chi connectivity index (χ4v) is 1.71. The van der Waals surface area contributed by atoms with Gasteiger partial charge in [0.05, 0.1) is 13.3 Å². The highest BCUT2D eigenvalue weighted by atomic mass is 16.5. The van der Waals surface area contributed by atoms with E-state index in [1.807, 2.05) is 38.2 Å². The third-order valence-electron chi connectivity index (χ3n) is 2.84. The number of benzene rings is 1. The minimum Gasteiger partial charge on any atom is -0.497 e. The highest BCUT2D eigenvalue weighted by molar-refractivity contribution is 5.93. The van der Waals surface area contributed by atoms with Crippen LogP contribution < -0.4 is 10.1 Å². The van der Waals surface area contributed by atoms with Gasteiger partial charge in [0.2, 0.25) is 5.91 Å². The minimum absolute atomic E-state index is 0.114. The lowest BCUT2D eigenvalue weighted by Crippen LogP contribution is -2.24. The molecule has 1 amide bonds. The van der Waals surface area contributed by atoms with Crippen LogP contribution in [0.2, 0.25) is 0 Å². The van der Waals surface area contributed by atoms with Crippen molar-refractivity contribution in [2.45, 2.75) is 19.9 Å². The lowest BCUT2D eigenvalue weighted by Gasteiger charge is -2.13. The Morgan fingerprint density at radius 3 is 2.89 bits per heavy atom. The van der Waals surface area contributed by atoms with Crippen molar-refractivity contribution >= 4 is 11.6 Å². The van der Waals surface area contributed by atoms with Gasteiger partial charge in [0, 0.05) is 18.0 Å². The molecule has 1 aromatic carbocycles. The molecule has 0 bridgehead atoms. The summed E-state index contributed by atoms with van der Waals surface area (Å²) in [5.41, 5.74) is 1.74. The van der Waals surface area contributed by atoms with E-state index in [9.17, 15) is 4.79 Å². The average Bonchev–Trinajstić information content (AvgIpc) is 2.84. The fraction of sp³-hybridized carbons (Fsp3) is 0.286. The maximum absolute atomic E-state index is 12.1. The number of aryl methyl sites for hydroxylation is 1. The highest BCUT2D eigenvalue weighted by Crippen LogP contribution is 2.18. The van der Waals surface area contributed by atoms with Gasteiger partial charge in [-0.1, -0.05) is 6.07 Å². The molecule has 0 aliphatic rings. The van der Waals surface area contributed by atoms with Gasteiger partial charge in [-0.3, -0.25) is 9.48 Å². The van der Waals surface area contributed by atoms with Gasteiger partial charge < -0.3 is 10.1 Å². The number of amides is 1. The van der Waals surface area contributed by atoms with E-state index in [2.05, 4.69) is 10.4 Å². The quantitative estimate of drug-likeness (QED) is 0.917. The number of carbonyl (C=O) groups is 1. The van der Waals surface area contributed by atoms with Crippen LogP contribution in [0, 0.1) is 6.92 Å². The van der Waals surface area contributed by atoms with E-state index < -0.39 is 0 Å². The summed E-state index contributed by atoms with van der Waals surface area (Å²) >= 11 is 0.